The first-order valence-electron chi connectivity index (χ1n) is 10.9. The van der Waals surface area contributed by atoms with Crippen LogP contribution in [0.5, 0.6) is 0 Å². The van der Waals surface area contributed by atoms with Crippen LogP contribution in [-0.4, -0.2) is 34.2 Å². The minimum absolute atomic E-state index is 0.412. The van der Waals surface area contributed by atoms with Crippen LogP contribution in [0.25, 0.3) is 11.1 Å². The number of nitrogens with one attached hydrogen (secondary N) is 1. The van der Waals surface area contributed by atoms with Gasteiger partial charge in [-0.15, -0.1) is 0 Å². The molecule has 2 aromatic carbocycles. The van der Waals surface area contributed by atoms with Crippen molar-refractivity contribution in [1.29, 1.82) is 0 Å². The molecule has 1 atom stereocenters. The summed E-state index contributed by atoms with van der Waals surface area (Å²) in [7, 11) is 0. The van der Waals surface area contributed by atoms with Crippen molar-refractivity contribution >= 4 is 11.6 Å². The molecule has 2 aliphatic rings. The van der Waals surface area contributed by atoms with Crippen molar-refractivity contribution < 1.29 is 14.4 Å². The van der Waals surface area contributed by atoms with Crippen molar-refractivity contribution in [1.82, 2.24) is 10.1 Å². The lowest BCUT2D eigenvalue weighted by molar-refractivity contribution is -0.129. The smallest absolute Gasteiger partial charge is 0.265 e. The zero-order chi connectivity index (χ0) is 21.6. The minimum atomic E-state index is -1.74. The highest BCUT2D eigenvalue weighted by Crippen LogP contribution is 2.44. The maximum absolute atomic E-state index is 13.1. The Morgan fingerprint density at radius 1 is 1.10 bits per heavy atom. The largest absolute Gasteiger partial charge is 0.372 e. The van der Waals surface area contributed by atoms with Gasteiger partial charge in [-0.05, 0) is 63.0 Å². The van der Waals surface area contributed by atoms with Gasteiger partial charge in [0.1, 0.15) is 5.76 Å². The molecule has 0 saturated carbocycles. The predicted molar refractivity (Wildman–Crippen MR) is 119 cm³/mol. The summed E-state index contributed by atoms with van der Waals surface area (Å²) in [4.78, 5) is 15.5. The molecule has 2 aliphatic heterocycles. The highest BCUT2D eigenvalue weighted by molar-refractivity contribution is 6.08. The lowest BCUT2D eigenvalue weighted by atomic mass is 9.83. The number of benzene rings is 2. The highest BCUT2D eigenvalue weighted by atomic mass is 16.5. The predicted octanol–water partition coefficient (Wildman–Crippen LogP) is 4.13. The van der Waals surface area contributed by atoms with Crippen molar-refractivity contribution in [3.63, 3.8) is 0 Å². The SMILES string of the molecule is Cc1noc(C)c1-c1ccc2c(c1)C(O)(c1ccccc1CN1CCCCC1)C(=O)N2. The van der Waals surface area contributed by atoms with E-state index in [-0.39, 0.29) is 0 Å². The Bertz CT molecular complexity index is 1130. The molecule has 160 valence electrons. The number of hydrogen-bond acceptors (Lipinski definition) is 5. The van der Waals surface area contributed by atoms with Crippen molar-refractivity contribution in [2.75, 3.05) is 18.4 Å². The molecule has 2 N–H and O–H groups in total. The van der Waals surface area contributed by atoms with Crippen LogP contribution < -0.4 is 5.32 Å². The second kappa shape index (κ2) is 7.62. The number of hydrogen-bond donors (Lipinski definition) is 2. The fourth-order valence-electron chi connectivity index (χ4n) is 4.98. The zero-order valence-corrected chi connectivity index (χ0v) is 17.9. The molecule has 1 aromatic heterocycles. The summed E-state index contributed by atoms with van der Waals surface area (Å²) < 4.78 is 5.33. The zero-order valence-electron chi connectivity index (χ0n) is 17.9. The van der Waals surface area contributed by atoms with E-state index in [1.165, 1.54) is 19.3 Å². The van der Waals surface area contributed by atoms with Crippen LogP contribution >= 0.6 is 0 Å². The van der Waals surface area contributed by atoms with Crippen LogP contribution in [-0.2, 0) is 16.9 Å². The Kier molecular flexibility index (Phi) is 4.91. The fraction of sp³-hybridized carbons (Fsp3) is 0.360. The highest BCUT2D eigenvalue weighted by Gasteiger charge is 2.48. The Labute approximate surface area is 181 Å². The maximum Gasteiger partial charge on any atom is 0.265 e. The number of likely N-dealkylation sites (tertiary alicyclic amines) is 1. The normalized spacial score (nSPS) is 21.2. The Hall–Kier alpha value is -2.96. The standard InChI is InChI=1S/C25H27N3O3/c1-16-23(17(2)31-27-16)18-10-11-22-21(14-18)25(30,24(29)26-22)20-9-5-4-8-19(20)15-28-12-6-3-7-13-28/h4-5,8-11,14,30H,3,6-7,12-13,15H2,1-2H3,(H,26,29). The van der Waals surface area contributed by atoms with Crippen LogP contribution in [0.4, 0.5) is 5.69 Å². The van der Waals surface area contributed by atoms with Crippen molar-refractivity contribution in [2.24, 2.45) is 0 Å². The van der Waals surface area contributed by atoms with E-state index in [1.54, 1.807) is 0 Å². The molecule has 6 nitrogen and oxygen atoms in total. The molecule has 0 radical (unpaired) electrons. The first-order chi connectivity index (χ1) is 15.0. The van der Waals surface area contributed by atoms with Gasteiger partial charge in [0.15, 0.2) is 5.60 Å². The van der Waals surface area contributed by atoms with E-state index in [0.717, 1.165) is 42.0 Å². The van der Waals surface area contributed by atoms with Gasteiger partial charge in [-0.1, -0.05) is 41.9 Å². The minimum Gasteiger partial charge on any atom is -0.372 e. The van der Waals surface area contributed by atoms with Gasteiger partial charge in [0.25, 0.3) is 5.91 Å². The number of carbonyl (C=O) groups excluding carboxylic acids is 1. The molecule has 6 heteroatoms. The molecule has 0 spiro atoms. The molecule has 0 aliphatic carbocycles. The van der Waals surface area contributed by atoms with E-state index in [9.17, 15) is 9.90 Å². The molecule has 3 aromatic rings. The van der Waals surface area contributed by atoms with Gasteiger partial charge in [-0.3, -0.25) is 9.69 Å². The Morgan fingerprint density at radius 2 is 1.87 bits per heavy atom. The first kappa shape index (κ1) is 20.0. The number of fused-ring (bicyclic) bond motifs is 1. The van der Waals surface area contributed by atoms with E-state index in [2.05, 4.69) is 15.4 Å². The number of aliphatic hydroxyl groups is 1. The third kappa shape index (κ3) is 3.27. The number of amides is 1. The van der Waals surface area contributed by atoms with Gasteiger partial charge < -0.3 is 14.9 Å². The van der Waals surface area contributed by atoms with E-state index in [1.807, 2.05) is 56.3 Å². The van der Waals surface area contributed by atoms with Crippen molar-refractivity contribution in [2.45, 2.75) is 45.3 Å². The van der Waals surface area contributed by atoms with E-state index >= 15 is 0 Å². The lowest BCUT2D eigenvalue weighted by Gasteiger charge is -2.30. The monoisotopic (exact) mass is 417 g/mol. The molecule has 1 fully saturated rings. The van der Waals surface area contributed by atoms with E-state index in [4.69, 9.17) is 4.52 Å². The number of anilines is 1. The summed E-state index contributed by atoms with van der Waals surface area (Å²) in [5.74, 6) is 0.299. The number of aryl methyl sites for hydroxylation is 2. The fourth-order valence-corrected chi connectivity index (χ4v) is 4.98. The number of carbonyl (C=O) groups is 1. The Balaban J connectivity index is 1.60. The number of aromatic nitrogens is 1. The third-order valence-corrected chi connectivity index (χ3v) is 6.56. The van der Waals surface area contributed by atoms with Crippen LogP contribution in [0.3, 0.4) is 0 Å². The van der Waals surface area contributed by atoms with Gasteiger partial charge in [-0.25, -0.2) is 0 Å². The van der Waals surface area contributed by atoms with Crippen LogP contribution in [0.15, 0.2) is 47.0 Å². The molecule has 3 heterocycles. The van der Waals surface area contributed by atoms with Gasteiger partial charge >= 0.3 is 0 Å². The average molecular weight is 418 g/mol. The molecule has 1 amide bonds. The first-order valence-corrected chi connectivity index (χ1v) is 10.9. The summed E-state index contributed by atoms with van der Waals surface area (Å²) >= 11 is 0. The molecule has 1 unspecified atom stereocenters. The lowest BCUT2D eigenvalue weighted by Crippen LogP contribution is -2.37. The summed E-state index contributed by atoms with van der Waals surface area (Å²) in [6.45, 7) is 6.58. The summed E-state index contributed by atoms with van der Waals surface area (Å²) in [5.41, 5.74) is 3.65. The second-order valence-corrected chi connectivity index (χ2v) is 8.62. The molecular weight excluding hydrogens is 390 g/mol. The van der Waals surface area contributed by atoms with Crippen LogP contribution in [0.1, 0.15) is 47.4 Å². The van der Waals surface area contributed by atoms with E-state index < -0.39 is 11.5 Å². The molecular formula is C25H27N3O3. The number of nitrogens with zero attached hydrogens (tertiary/aromatic N) is 2. The van der Waals surface area contributed by atoms with Crippen LogP contribution in [0.2, 0.25) is 0 Å². The summed E-state index contributed by atoms with van der Waals surface area (Å²) in [6.07, 6.45) is 3.65. The van der Waals surface area contributed by atoms with E-state index in [0.29, 0.717) is 22.6 Å². The second-order valence-electron chi connectivity index (χ2n) is 8.62. The summed E-state index contributed by atoms with van der Waals surface area (Å²) in [5, 5.41) is 18.8. The molecule has 0 bridgehead atoms. The summed E-state index contributed by atoms with van der Waals surface area (Å²) in [6, 6.07) is 13.4. The van der Waals surface area contributed by atoms with Gasteiger partial charge in [0, 0.05) is 28.9 Å². The number of piperidine rings is 1. The van der Waals surface area contributed by atoms with Gasteiger partial charge in [-0.2, -0.15) is 0 Å². The molecule has 31 heavy (non-hydrogen) atoms. The van der Waals surface area contributed by atoms with Crippen molar-refractivity contribution in [3.8, 4) is 11.1 Å². The van der Waals surface area contributed by atoms with Crippen molar-refractivity contribution in [3.05, 3.63) is 70.6 Å². The average Bonchev–Trinajstić information content (AvgIpc) is 3.25. The van der Waals surface area contributed by atoms with Crippen LogP contribution in [0, 0.1) is 13.8 Å². The molecule has 5 rings (SSSR count). The topological polar surface area (TPSA) is 78.6 Å². The number of rotatable bonds is 4. The van der Waals surface area contributed by atoms with Gasteiger partial charge in [0.2, 0.25) is 0 Å². The molecule has 1 saturated heterocycles. The maximum atomic E-state index is 13.1. The Morgan fingerprint density at radius 3 is 2.61 bits per heavy atom. The van der Waals surface area contributed by atoms with Gasteiger partial charge in [0.05, 0.1) is 5.69 Å². The third-order valence-electron chi connectivity index (χ3n) is 6.56. The quantitative estimate of drug-likeness (QED) is 0.667.